The predicted octanol–water partition coefficient (Wildman–Crippen LogP) is 4.11. The van der Waals surface area contributed by atoms with Crippen LogP contribution in [0.5, 0.6) is 5.75 Å². The van der Waals surface area contributed by atoms with Gasteiger partial charge in [0.15, 0.2) is 0 Å². The van der Waals surface area contributed by atoms with Crippen LogP contribution in [0.4, 0.5) is 10.1 Å². The number of rotatable bonds is 6. The molecule has 36 heavy (non-hydrogen) atoms. The zero-order valence-corrected chi connectivity index (χ0v) is 20.8. The van der Waals surface area contributed by atoms with Gasteiger partial charge in [0, 0.05) is 18.3 Å². The fourth-order valence-corrected chi connectivity index (χ4v) is 4.48. The molecule has 3 aromatic rings. The van der Waals surface area contributed by atoms with Crippen LogP contribution in [0.1, 0.15) is 56.2 Å². The number of carbonyl (C=O) groups is 2. The largest absolute Gasteiger partial charge is 0.494 e. The number of aromatic amines is 1. The Morgan fingerprint density at radius 1 is 1.19 bits per heavy atom. The van der Waals surface area contributed by atoms with Gasteiger partial charge in [0.05, 0.1) is 13.0 Å². The predicted molar refractivity (Wildman–Crippen MR) is 133 cm³/mol. The smallest absolute Gasteiger partial charge is 0.280 e. The van der Waals surface area contributed by atoms with E-state index in [-0.39, 0.29) is 30.0 Å². The van der Waals surface area contributed by atoms with Crippen molar-refractivity contribution in [3.05, 3.63) is 81.1 Å². The van der Waals surface area contributed by atoms with E-state index in [4.69, 9.17) is 9.26 Å². The van der Waals surface area contributed by atoms with Gasteiger partial charge in [-0.2, -0.15) is 5.16 Å². The summed E-state index contributed by atoms with van der Waals surface area (Å²) in [4.78, 5) is 39.7. The molecule has 9 heteroatoms. The maximum atomic E-state index is 14.8. The maximum Gasteiger partial charge on any atom is 0.280 e. The highest BCUT2D eigenvalue weighted by molar-refractivity contribution is 5.98. The van der Waals surface area contributed by atoms with Gasteiger partial charge in [0.2, 0.25) is 5.91 Å². The van der Waals surface area contributed by atoms with Crippen molar-refractivity contribution in [1.82, 2.24) is 10.1 Å². The first-order chi connectivity index (χ1) is 17.1. The molecule has 0 saturated heterocycles. The topological polar surface area (TPSA) is 105 Å². The fourth-order valence-electron chi connectivity index (χ4n) is 4.48. The molecule has 2 amide bonds. The van der Waals surface area contributed by atoms with Gasteiger partial charge in [-0.05, 0) is 59.7 Å². The first kappa shape index (κ1) is 25.2. The Kier molecular flexibility index (Phi) is 7.01. The highest BCUT2D eigenvalue weighted by atomic mass is 19.1. The van der Waals surface area contributed by atoms with Gasteiger partial charge in [-0.1, -0.05) is 32.9 Å². The van der Waals surface area contributed by atoms with Crippen molar-refractivity contribution in [3.8, 4) is 5.75 Å². The monoisotopic (exact) mass is 495 g/mol. The van der Waals surface area contributed by atoms with Gasteiger partial charge >= 0.3 is 0 Å². The Morgan fingerprint density at radius 3 is 2.61 bits per heavy atom. The molecule has 0 bridgehead atoms. The lowest BCUT2D eigenvalue weighted by Crippen LogP contribution is -2.46. The molecule has 1 atom stereocenters. The SMILES string of the molecule is CCOc1ccc2c(c1)CCN(C(=O)Cc1cc(=O)[nH]o1)C2C(=O)Nc1ccc(C(C)(C)C)c(F)c1. The first-order valence-electron chi connectivity index (χ1n) is 11.9. The van der Waals surface area contributed by atoms with Crippen LogP contribution in [0.2, 0.25) is 0 Å². The van der Waals surface area contributed by atoms with E-state index in [1.54, 1.807) is 24.3 Å². The van der Waals surface area contributed by atoms with Gasteiger partial charge in [0.1, 0.15) is 23.4 Å². The Hall–Kier alpha value is -3.88. The quantitative estimate of drug-likeness (QED) is 0.536. The highest BCUT2D eigenvalue weighted by Gasteiger charge is 2.36. The summed E-state index contributed by atoms with van der Waals surface area (Å²) in [7, 11) is 0. The summed E-state index contributed by atoms with van der Waals surface area (Å²) in [6.07, 6.45) is 0.349. The molecular formula is C27H30FN3O5. The Labute approximate surface area is 208 Å². The van der Waals surface area contributed by atoms with E-state index in [1.165, 1.54) is 17.0 Å². The Bertz CT molecular complexity index is 1340. The third-order valence-corrected chi connectivity index (χ3v) is 6.17. The summed E-state index contributed by atoms with van der Waals surface area (Å²) in [6, 6.07) is 10.3. The first-order valence-corrected chi connectivity index (χ1v) is 11.9. The van der Waals surface area contributed by atoms with Crippen LogP contribution >= 0.6 is 0 Å². The molecule has 1 unspecified atom stereocenters. The van der Waals surface area contributed by atoms with E-state index in [0.29, 0.717) is 35.6 Å². The minimum absolute atomic E-state index is 0.177. The van der Waals surface area contributed by atoms with Gasteiger partial charge in [-0.15, -0.1) is 0 Å². The molecule has 0 spiro atoms. The number of nitrogens with one attached hydrogen (secondary N) is 2. The third-order valence-electron chi connectivity index (χ3n) is 6.17. The van der Waals surface area contributed by atoms with Crippen molar-refractivity contribution in [2.75, 3.05) is 18.5 Å². The van der Waals surface area contributed by atoms with E-state index < -0.39 is 23.3 Å². The zero-order valence-electron chi connectivity index (χ0n) is 20.8. The average molecular weight is 496 g/mol. The standard InChI is InChI=1S/C27H30FN3O5/c1-5-35-18-7-8-20-16(12-18)10-11-31(24(33)15-19-14-23(32)30-36-19)25(20)26(34)29-17-6-9-21(22(28)13-17)27(2,3)4/h6-9,12-14,25H,5,10-11,15H2,1-4H3,(H,29,34)(H,30,32). The number of H-pyrrole nitrogens is 1. The zero-order chi connectivity index (χ0) is 26.0. The molecule has 2 heterocycles. The minimum atomic E-state index is -0.951. The Morgan fingerprint density at radius 2 is 1.97 bits per heavy atom. The molecule has 4 rings (SSSR count). The number of hydrogen-bond donors (Lipinski definition) is 2. The van der Waals surface area contributed by atoms with E-state index in [2.05, 4.69) is 10.5 Å². The van der Waals surface area contributed by atoms with E-state index in [0.717, 1.165) is 5.56 Å². The summed E-state index contributed by atoms with van der Waals surface area (Å²) in [5.74, 6) is -0.384. The number of benzene rings is 2. The molecule has 2 N–H and O–H groups in total. The highest BCUT2D eigenvalue weighted by Crippen LogP contribution is 2.34. The summed E-state index contributed by atoms with van der Waals surface area (Å²) < 4.78 is 25.4. The van der Waals surface area contributed by atoms with Crippen LogP contribution < -0.4 is 15.6 Å². The number of fused-ring (bicyclic) bond motifs is 1. The van der Waals surface area contributed by atoms with Crippen molar-refractivity contribution in [2.24, 2.45) is 0 Å². The van der Waals surface area contributed by atoms with Crippen molar-refractivity contribution in [3.63, 3.8) is 0 Å². The number of carbonyl (C=O) groups excluding carboxylic acids is 2. The molecule has 8 nitrogen and oxygen atoms in total. The number of hydrogen-bond acceptors (Lipinski definition) is 5. The molecule has 1 aromatic heterocycles. The molecule has 1 aliphatic heterocycles. The van der Waals surface area contributed by atoms with Crippen LogP contribution in [-0.4, -0.2) is 35.0 Å². The molecule has 0 fully saturated rings. The van der Waals surface area contributed by atoms with Crippen LogP contribution in [0.3, 0.4) is 0 Å². The van der Waals surface area contributed by atoms with Crippen molar-refractivity contribution >= 4 is 17.5 Å². The van der Waals surface area contributed by atoms with Crippen molar-refractivity contribution < 1.29 is 23.2 Å². The van der Waals surface area contributed by atoms with Gasteiger partial charge < -0.3 is 19.5 Å². The van der Waals surface area contributed by atoms with Crippen LogP contribution in [0.15, 0.2) is 51.8 Å². The molecule has 190 valence electrons. The van der Waals surface area contributed by atoms with Gasteiger partial charge in [-0.3, -0.25) is 14.4 Å². The van der Waals surface area contributed by atoms with Gasteiger partial charge in [0.25, 0.3) is 11.5 Å². The summed E-state index contributed by atoms with van der Waals surface area (Å²) in [5, 5.41) is 4.95. The summed E-state index contributed by atoms with van der Waals surface area (Å²) in [6.45, 7) is 8.41. The number of aromatic nitrogens is 1. The number of halogens is 1. The second kappa shape index (κ2) is 10.0. The van der Waals surface area contributed by atoms with Crippen molar-refractivity contribution in [2.45, 2.75) is 52.0 Å². The molecule has 0 saturated carbocycles. The number of amides is 2. The lowest BCUT2D eigenvalue weighted by molar-refractivity contribution is -0.139. The van der Waals surface area contributed by atoms with E-state index in [9.17, 15) is 18.8 Å². The molecule has 1 aliphatic rings. The Balaban J connectivity index is 1.65. The normalized spacial score (nSPS) is 15.4. The van der Waals surface area contributed by atoms with Crippen LogP contribution in [0.25, 0.3) is 0 Å². The summed E-state index contributed by atoms with van der Waals surface area (Å²) >= 11 is 0. The van der Waals surface area contributed by atoms with E-state index >= 15 is 0 Å². The third kappa shape index (κ3) is 5.35. The van der Waals surface area contributed by atoms with E-state index in [1.807, 2.05) is 33.8 Å². The fraction of sp³-hybridized carbons (Fsp3) is 0.370. The lowest BCUT2D eigenvalue weighted by atomic mass is 9.86. The molecular weight excluding hydrogens is 465 g/mol. The second-order valence-corrected chi connectivity index (χ2v) is 9.82. The number of ether oxygens (including phenoxy) is 1. The van der Waals surface area contributed by atoms with Gasteiger partial charge in [-0.25, -0.2) is 4.39 Å². The average Bonchev–Trinajstić information content (AvgIpc) is 3.21. The molecule has 0 aliphatic carbocycles. The molecule has 0 radical (unpaired) electrons. The summed E-state index contributed by atoms with van der Waals surface area (Å²) in [5.41, 5.74) is 1.57. The van der Waals surface area contributed by atoms with Crippen molar-refractivity contribution in [1.29, 1.82) is 0 Å². The number of nitrogens with zero attached hydrogens (tertiary/aromatic N) is 1. The van der Waals surface area contributed by atoms with Crippen LogP contribution in [-0.2, 0) is 27.8 Å². The number of anilines is 1. The van der Waals surface area contributed by atoms with Crippen LogP contribution in [0, 0.1) is 5.82 Å². The molecule has 2 aromatic carbocycles. The second-order valence-electron chi connectivity index (χ2n) is 9.82. The maximum absolute atomic E-state index is 14.8. The lowest BCUT2D eigenvalue weighted by Gasteiger charge is -2.36. The minimum Gasteiger partial charge on any atom is -0.494 e.